The van der Waals surface area contributed by atoms with Crippen molar-refractivity contribution >= 4 is 23.4 Å². The van der Waals surface area contributed by atoms with Crippen molar-refractivity contribution in [2.24, 2.45) is 0 Å². The van der Waals surface area contributed by atoms with Crippen LogP contribution in [0.4, 0.5) is 11.4 Å². The monoisotopic (exact) mass is 408 g/mol. The predicted octanol–water partition coefficient (Wildman–Crippen LogP) is 5.46. The molecule has 0 unspecified atom stereocenters. The third-order valence-electron chi connectivity index (χ3n) is 4.80. The van der Waals surface area contributed by atoms with Crippen LogP contribution in [-0.4, -0.2) is 19.2 Å². The molecule has 1 aliphatic heterocycles. The van der Waals surface area contributed by atoms with Gasteiger partial charge in [-0.25, -0.2) is 4.79 Å². The maximum atomic E-state index is 12.3. The van der Waals surface area contributed by atoms with Crippen molar-refractivity contribution in [2.75, 3.05) is 18.1 Å². The maximum Gasteiger partial charge on any atom is 0.338 e. The predicted molar refractivity (Wildman–Crippen MR) is 119 cm³/mol. The number of esters is 1. The van der Waals surface area contributed by atoms with Crippen LogP contribution < -0.4 is 9.64 Å². The normalized spacial score (nSPS) is 11.9. The summed E-state index contributed by atoms with van der Waals surface area (Å²) in [5.41, 5.74) is 7.63. The first-order valence-corrected chi connectivity index (χ1v) is 9.94. The summed E-state index contributed by atoms with van der Waals surface area (Å²) in [5.74, 6) is 0.380. The van der Waals surface area contributed by atoms with Crippen LogP contribution in [0.5, 0.6) is 5.75 Å². The van der Waals surface area contributed by atoms with Gasteiger partial charge in [-0.2, -0.15) is 5.26 Å². The fourth-order valence-corrected chi connectivity index (χ4v) is 3.37. The molecule has 31 heavy (non-hydrogen) atoms. The van der Waals surface area contributed by atoms with Gasteiger partial charge in [-0.05, 0) is 61.5 Å². The molecule has 0 fully saturated rings. The van der Waals surface area contributed by atoms with Crippen molar-refractivity contribution in [2.45, 2.75) is 6.92 Å². The number of hydrogen-bond acceptors (Lipinski definition) is 5. The Bertz CT molecular complexity index is 1220. The second-order valence-corrected chi connectivity index (χ2v) is 6.83. The first kappa shape index (κ1) is 20.0. The molecular formula is C26H20N2O3. The van der Waals surface area contributed by atoms with Crippen LogP contribution in [0.2, 0.25) is 0 Å². The highest BCUT2D eigenvalue weighted by Gasteiger charge is 2.22. The van der Waals surface area contributed by atoms with Gasteiger partial charge in [0.25, 0.3) is 0 Å². The van der Waals surface area contributed by atoms with E-state index in [0.717, 1.165) is 28.4 Å². The highest BCUT2D eigenvalue weighted by atomic mass is 16.5. The van der Waals surface area contributed by atoms with E-state index < -0.39 is 0 Å². The standard InChI is InChI=1S/C26H20N2O3/c1-2-30-26(29)21-7-6-8-22(16-21)28-23(18-31-24-9-4-3-5-10-24)13-12-20-15-19(17-27)11-14-25(20)28/h3-12,14-16H,2,18H2,1H3. The Balaban J connectivity index is 1.75. The number of rotatable bonds is 6. The summed E-state index contributed by atoms with van der Waals surface area (Å²) in [4.78, 5) is 14.3. The molecule has 4 rings (SSSR count). The SMILES string of the molecule is CCOC(=O)c1cccc(N2C(COc3ccccc3)=C=Cc3cc(C#N)ccc32)c1. The van der Waals surface area contributed by atoms with Crippen LogP contribution in [-0.2, 0) is 4.74 Å². The third kappa shape index (κ3) is 4.35. The zero-order valence-corrected chi connectivity index (χ0v) is 17.0. The summed E-state index contributed by atoms with van der Waals surface area (Å²) in [5, 5.41) is 9.26. The van der Waals surface area contributed by atoms with Crippen molar-refractivity contribution in [3.05, 3.63) is 101 Å². The molecular weight excluding hydrogens is 388 g/mol. The van der Waals surface area contributed by atoms with Gasteiger partial charge in [0.2, 0.25) is 0 Å². The van der Waals surface area contributed by atoms with Gasteiger partial charge in [-0.1, -0.05) is 30.0 Å². The summed E-state index contributed by atoms with van der Waals surface area (Å²) in [6, 6.07) is 24.5. The molecule has 1 heterocycles. The molecule has 0 amide bonds. The van der Waals surface area contributed by atoms with E-state index in [9.17, 15) is 10.1 Å². The molecule has 0 aromatic heterocycles. The maximum absolute atomic E-state index is 12.3. The Morgan fingerprint density at radius 1 is 1.06 bits per heavy atom. The molecule has 0 saturated heterocycles. The number of nitrogens with zero attached hydrogens (tertiary/aromatic N) is 2. The zero-order valence-electron chi connectivity index (χ0n) is 17.0. The number of carbonyl (C=O) groups excluding carboxylic acids is 1. The second-order valence-electron chi connectivity index (χ2n) is 6.83. The van der Waals surface area contributed by atoms with E-state index in [1.807, 2.05) is 65.6 Å². The van der Waals surface area contributed by atoms with E-state index in [2.05, 4.69) is 11.8 Å². The van der Waals surface area contributed by atoms with Crippen molar-refractivity contribution in [1.82, 2.24) is 0 Å². The number of para-hydroxylation sites is 1. The lowest BCUT2D eigenvalue weighted by atomic mass is 10.0. The van der Waals surface area contributed by atoms with Gasteiger partial charge in [-0.3, -0.25) is 0 Å². The Morgan fingerprint density at radius 2 is 1.90 bits per heavy atom. The second kappa shape index (κ2) is 9.04. The molecule has 0 N–H and O–H groups in total. The van der Waals surface area contributed by atoms with Gasteiger partial charge in [0.05, 0.1) is 29.5 Å². The van der Waals surface area contributed by atoms with Crippen LogP contribution in [0.3, 0.4) is 0 Å². The van der Waals surface area contributed by atoms with Crippen molar-refractivity contribution in [1.29, 1.82) is 5.26 Å². The Morgan fingerprint density at radius 3 is 2.68 bits per heavy atom. The molecule has 3 aromatic rings. The molecule has 152 valence electrons. The van der Waals surface area contributed by atoms with Gasteiger partial charge < -0.3 is 14.4 Å². The van der Waals surface area contributed by atoms with E-state index in [4.69, 9.17) is 9.47 Å². The number of carbonyl (C=O) groups is 1. The number of hydrogen-bond donors (Lipinski definition) is 0. The van der Waals surface area contributed by atoms with Crippen molar-refractivity contribution in [3.8, 4) is 11.8 Å². The van der Waals surface area contributed by atoms with E-state index in [1.165, 1.54) is 0 Å². The lowest BCUT2D eigenvalue weighted by molar-refractivity contribution is 0.0526. The summed E-state index contributed by atoms with van der Waals surface area (Å²) >= 11 is 0. The summed E-state index contributed by atoms with van der Waals surface area (Å²) in [7, 11) is 0. The smallest absolute Gasteiger partial charge is 0.338 e. The lowest BCUT2D eigenvalue weighted by Crippen LogP contribution is -2.23. The van der Waals surface area contributed by atoms with Gasteiger partial charge in [0.1, 0.15) is 18.1 Å². The minimum Gasteiger partial charge on any atom is -0.487 e. The first-order valence-electron chi connectivity index (χ1n) is 9.94. The van der Waals surface area contributed by atoms with E-state index >= 15 is 0 Å². The number of nitriles is 1. The molecule has 0 spiro atoms. The largest absolute Gasteiger partial charge is 0.487 e. The fraction of sp³-hybridized carbons (Fsp3) is 0.115. The molecule has 5 heteroatoms. The average Bonchev–Trinajstić information content (AvgIpc) is 2.82. The van der Waals surface area contributed by atoms with Gasteiger partial charge in [0.15, 0.2) is 0 Å². The number of ether oxygens (including phenoxy) is 2. The van der Waals surface area contributed by atoms with E-state index in [-0.39, 0.29) is 12.6 Å². The molecule has 1 aliphatic rings. The van der Waals surface area contributed by atoms with Crippen LogP contribution >= 0.6 is 0 Å². The average molecular weight is 408 g/mol. The fourth-order valence-electron chi connectivity index (χ4n) is 3.37. The van der Waals surface area contributed by atoms with Crippen molar-refractivity contribution in [3.63, 3.8) is 0 Å². The molecule has 0 atom stereocenters. The van der Waals surface area contributed by atoms with Crippen molar-refractivity contribution < 1.29 is 14.3 Å². The van der Waals surface area contributed by atoms with Crippen LogP contribution in [0, 0.1) is 11.3 Å². The number of fused-ring (bicyclic) bond motifs is 1. The van der Waals surface area contributed by atoms with E-state index in [1.54, 1.807) is 25.1 Å². The van der Waals surface area contributed by atoms with Crippen LogP contribution in [0.1, 0.15) is 28.4 Å². The highest BCUT2D eigenvalue weighted by molar-refractivity contribution is 5.91. The minimum atomic E-state index is -0.372. The topological polar surface area (TPSA) is 62.6 Å². The quantitative estimate of drug-likeness (QED) is 0.400. The first-order chi connectivity index (χ1) is 15.2. The Labute approximate surface area is 181 Å². The molecule has 0 radical (unpaired) electrons. The Hall–Kier alpha value is -4.26. The van der Waals surface area contributed by atoms with Crippen LogP contribution in [0.15, 0.2) is 84.2 Å². The Kier molecular flexibility index (Phi) is 5.84. The number of benzene rings is 3. The molecule has 0 bridgehead atoms. The molecule has 3 aromatic carbocycles. The molecule has 0 aliphatic carbocycles. The summed E-state index contributed by atoms with van der Waals surface area (Å²) in [6.07, 6.45) is 1.85. The van der Waals surface area contributed by atoms with Gasteiger partial charge in [0, 0.05) is 11.3 Å². The van der Waals surface area contributed by atoms with E-state index in [0.29, 0.717) is 17.7 Å². The molecule has 5 nitrogen and oxygen atoms in total. The lowest BCUT2D eigenvalue weighted by Gasteiger charge is -2.30. The highest BCUT2D eigenvalue weighted by Crippen LogP contribution is 2.36. The van der Waals surface area contributed by atoms with Gasteiger partial charge >= 0.3 is 5.97 Å². The number of anilines is 2. The molecule has 0 saturated carbocycles. The third-order valence-corrected chi connectivity index (χ3v) is 4.80. The zero-order chi connectivity index (χ0) is 21.6. The minimum absolute atomic E-state index is 0.281. The van der Waals surface area contributed by atoms with Crippen LogP contribution in [0.25, 0.3) is 6.08 Å². The summed E-state index contributed by atoms with van der Waals surface area (Å²) < 4.78 is 11.1. The van der Waals surface area contributed by atoms with Gasteiger partial charge in [-0.15, -0.1) is 0 Å². The summed E-state index contributed by atoms with van der Waals surface area (Å²) in [6.45, 7) is 2.37.